The van der Waals surface area contributed by atoms with Gasteiger partial charge >= 0.3 is 0 Å². The molecule has 7 heteroatoms. The van der Waals surface area contributed by atoms with E-state index in [0.29, 0.717) is 12.1 Å². The van der Waals surface area contributed by atoms with Crippen LogP contribution in [0.2, 0.25) is 0 Å². The van der Waals surface area contributed by atoms with Crippen LogP contribution in [0.1, 0.15) is 17.5 Å². The van der Waals surface area contributed by atoms with Gasteiger partial charge in [0.05, 0.1) is 4.90 Å². The number of sulfonamides is 1. The van der Waals surface area contributed by atoms with Crippen molar-refractivity contribution < 1.29 is 13.2 Å². The first-order valence-electron chi connectivity index (χ1n) is 7.40. The van der Waals surface area contributed by atoms with E-state index < -0.39 is 10.0 Å². The third kappa shape index (κ3) is 5.99. The number of amides is 1. The highest BCUT2D eigenvalue weighted by atomic mass is 32.2. The number of nitrogens with one attached hydrogen (secondary N) is 1. The molecular weight excluding hydrogens is 344 g/mol. The molecule has 5 nitrogen and oxygen atoms in total. The van der Waals surface area contributed by atoms with Gasteiger partial charge in [0.2, 0.25) is 15.9 Å². The first-order chi connectivity index (χ1) is 11.3. The average molecular weight is 364 g/mol. The molecule has 1 amide bonds. The van der Waals surface area contributed by atoms with Crippen molar-refractivity contribution in [3.05, 3.63) is 59.7 Å². The molecular formula is C17H20N2O3S2. The maximum Gasteiger partial charge on any atom is 0.238 e. The fourth-order valence-electron chi connectivity index (χ4n) is 1.99. The highest BCUT2D eigenvalue weighted by Gasteiger charge is 2.08. The number of benzene rings is 2. The lowest BCUT2D eigenvalue weighted by molar-refractivity contribution is -0.115. The summed E-state index contributed by atoms with van der Waals surface area (Å²) >= 11 is 1.70. The summed E-state index contributed by atoms with van der Waals surface area (Å²) in [5, 5.41) is 7.77. The van der Waals surface area contributed by atoms with Crippen molar-refractivity contribution in [3.8, 4) is 0 Å². The van der Waals surface area contributed by atoms with Crippen LogP contribution in [0.15, 0.2) is 53.4 Å². The van der Waals surface area contributed by atoms with Gasteiger partial charge in [-0.2, -0.15) is 11.8 Å². The van der Waals surface area contributed by atoms with E-state index in [0.717, 1.165) is 11.5 Å². The van der Waals surface area contributed by atoms with Crippen LogP contribution in [0, 0.1) is 6.92 Å². The minimum Gasteiger partial charge on any atom is -0.326 e. The van der Waals surface area contributed by atoms with Crippen LogP contribution in [0.25, 0.3) is 0 Å². The maximum atomic E-state index is 11.9. The number of carbonyl (C=O) groups is 1. The Balaban J connectivity index is 1.74. The Bertz CT molecular complexity index is 786. The molecule has 0 heterocycles. The number of aryl methyl sites for hydroxylation is 1. The van der Waals surface area contributed by atoms with E-state index in [1.807, 2.05) is 0 Å². The minimum absolute atomic E-state index is 0.0224. The number of thioether (sulfide) groups is 1. The van der Waals surface area contributed by atoms with Crippen LogP contribution >= 0.6 is 11.8 Å². The van der Waals surface area contributed by atoms with Crippen molar-refractivity contribution in [3.63, 3.8) is 0 Å². The summed E-state index contributed by atoms with van der Waals surface area (Å²) in [7, 11) is -3.71. The molecule has 0 atom stereocenters. The summed E-state index contributed by atoms with van der Waals surface area (Å²) in [4.78, 5) is 11.9. The Morgan fingerprint density at radius 3 is 2.29 bits per heavy atom. The third-order valence-corrected chi connectivity index (χ3v) is 5.29. The van der Waals surface area contributed by atoms with Gasteiger partial charge in [-0.3, -0.25) is 4.79 Å². The molecule has 0 bridgehead atoms. The summed E-state index contributed by atoms with van der Waals surface area (Å²) < 4.78 is 22.3. The van der Waals surface area contributed by atoms with Gasteiger partial charge in [-0.1, -0.05) is 29.8 Å². The number of hydrogen-bond acceptors (Lipinski definition) is 4. The van der Waals surface area contributed by atoms with E-state index in [2.05, 4.69) is 36.5 Å². The van der Waals surface area contributed by atoms with Crippen molar-refractivity contribution in [1.82, 2.24) is 0 Å². The molecule has 2 aromatic carbocycles. The van der Waals surface area contributed by atoms with Crippen LogP contribution in [-0.4, -0.2) is 20.1 Å². The Labute approximate surface area is 146 Å². The largest absolute Gasteiger partial charge is 0.326 e. The molecule has 0 fully saturated rings. The van der Waals surface area contributed by atoms with Crippen molar-refractivity contribution in [2.75, 3.05) is 11.1 Å². The molecule has 2 aromatic rings. The first-order valence-corrected chi connectivity index (χ1v) is 10.1. The molecule has 0 aliphatic carbocycles. The number of anilines is 1. The van der Waals surface area contributed by atoms with Crippen LogP contribution < -0.4 is 10.5 Å². The Hall–Kier alpha value is -1.83. The standard InChI is InChI=1S/C17H20N2O3S2/c1-13-2-4-14(5-3-13)12-23-11-10-17(20)19-15-6-8-16(9-7-15)24(18,21)22/h2-9H,10-12H2,1H3,(H,19,20)(H2,18,21,22). The second-order valence-corrected chi connectivity index (χ2v) is 8.07. The average Bonchev–Trinajstić information content (AvgIpc) is 2.53. The fraction of sp³-hybridized carbons (Fsp3) is 0.235. The van der Waals surface area contributed by atoms with Gasteiger partial charge in [-0.15, -0.1) is 0 Å². The summed E-state index contributed by atoms with van der Waals surface area (Å²) in [6.45, 7) is 2.05. The van der Waals surface area contributed by atoms with E-state index >= 15 is 0 Å². The van der Waals surface area contributed by atoms with Gasteiger partial charge < -0.3 is 5.32 Å². The lowest BCUT2D eigenvalue weighted by atomic mass is 10.2. The molecule has 2 rings (SSSR count). The van der Waals surface area contributed by atoms with E-state index in [1.165, 1.54) is 35.4 Å². The van der Waals surface area contributed by atoms with Gasteiger partial charge in [0.25, 0.3) is 0 Å². The second-order valence-electron chi connectivity index (χ2n) is 5.41. The van der Waals surface area contributed by atoms with E-state index in [1.54, 1.807) is 11.8 Å². The minimum atomic E-state index is -3.71. The van der Waals surface area contributed by atoms with Crippen LogP contribution in [0.3, 0.4) is 0 Å². The molecule has 0 unspecified atom stereocenters. The van der Waals surface area contributed by atoms with Gasteiger partial charge in [0, 0.05) is 23.6 Å². The van der Waals surface area contributed by atoms with Crippen molar-refractivity contribution in [1.29, 1.82) is 0 Å². The van der Waals surface area contributed by atoms with Crippen molar-refractivity contribution >= 4 is 33.4 Å². The number of primary sulfonamides is 1. The van der Waals surface area contributed by atoms with E-state index in [-0.39, 0.29) is 10.8 Å². The Morgan fingerprint density at radius 2 is 1.71 bits per heavy atom. The predicted molar refractivity (Wildman–Crippen MR) is 98.4 cm³/mol. The molecule has 0 saturated heterocycles. The summed E-state index contributed by atoms with van der Waals surface area (Å²) in [5.74, 6) is 1.49. The zero-order valence-electron chi connectivity index (χ0n) is 13.4. The summed E-state index contributed by atoms with van der Waals surface area (Å²) in [6.07, 6.45) is 0.396. The molecule has 0 saturated carbocycles. The molecule has 0 radical (unpaired) electrons. The number of hydrogen-bond donors (Lipinski definition) is 2. The second kappa shape index (κ2) is 8.32. The van der Waals surface area contributed by atoms with Gasteiger partial charge in [0.15, 0.2) is 0 Å². The zero-order chi connectivity index (χ0) is 17.6. The molecule has 0 spiro atoms. The smallest absolute Gasteiger partial charge is 0.238 e. The molecule has 0 aromatic heterocycles. The SMILES string of the molecule is Cc1ccc(CSCCC(=O)Nc2ccc(S(N)(=O)=O)cc2)cc1. The van der Waals surface area contributed by atoms with Gasteiger partial charge in [-0.05, 0) is 36.8 Å². The Morgan fingerprint density at radius 1 is 1.08 bits per heavy atom. The molecule has 24 heavy (non-hydrogen) atoms. The quantitative estimate of drug-likeness (QED) is 0.739. The van der Waals surface area contributed by atoms with Crippen LogP contribution in [0.4, 0.5) is 5.69 Å². The highest BCUT2D eigenvalue weighted by Crippen LogP contribution is 2.16. The number of carbonyl (C=O) groups excluding carboxylic acids is 1. The van der Waals surface area contributed by atoms with Crippen LogP contribution in [-0.2, 0) is 20.6 Å². The lowest BCUT2D eigenvalue weighted by Crippen LogP contribution is -2.14. The van der Waals surface area contributed by atoms with Gasteiger partial charge in [-0.25, -0.2) is 13.6 Å². The summed E-state index contributed by atoms with van der Waals surface area (Å²) in [5.41, 5.74) is 3.03. The van der Waals surface area contributed by atoms with E-state index in [9.17, 15) is 13.2 Å². The summed E-state index contributed by atoms with van der Waals surface area (Å²) in [6, 6.07) is 14.1. The zero-order valence-corrected chi connectivity index (χ0v) is 15.0. The molecule has 0 aliphatic rings. The predicted octanol–water partition coefficient (Wildman–Crippen LogP) is 2.90. The van der Waals surface area contributed by atoms with Crippen LogP contribution in [0.5, 0.6) is 0 Å². The van der Waals surface area contributed by atoms with E-state index in [4.69, 9.17) is 5.14 Å². The maximum absolute atomic E-state index is 11.9. The Kier molecular flexibility index (Phi) is 6.42. The highest BCUT2D eigenvalue weighted by molar-refractivity contribution is 7.98. The van der Waals surface area contributed by atoms with Gasteiger partial charge in [0.1, 0.15) is 0 Å². The number of rotatable bonds is 7. The topological polar surface area (TPSA) is 89.3 Å². The molecule has 128 valence electrons. The van der Waals surface area contributed by atoms with Crippen molar-refractivity contribution in [2.45, 2.75) is 24.0 Å². The fourth-order valence-corrected chi connectivity index (χ4v) is 3.41. The lowest BCUT2D eigenvalue weighted by Gasteiger charge is -2.06. The number of nitrogens with two attached hydrogens (primary N) is 1. The molecule has 0 aliphatic heterocycles. The van der Waals surface area contributed by atoms with Crippen molar-refractivity contribution in [2.24, 2.45) is 5.14 Å². The normalized spacial score (nSPS) is 11.2. The monoisotopic (exact) mass is 364 g/mol. The third-order valence-electron chi connectivity index (χ3n) is 3.33. The molecule has 3 N–H and O–H groups in total. The first kappa shape index (κ1) is 18.5.